The van der Waals surface area contributed by atoms with Crippen LogP contribution >= 0.6 is 0 Å². The molecule has 0 aromatic heterocycles. The van der Waals surface area contributed by atoms with E-state index >= 15 is 0 Å². The Bertz CT molecular complexity index is 870. The van der Waals surface area contributed by atoms with E-state index in [4.69, 9.17) is 0 Å². The van der Waals surface area contributed by atoms with E-state index in [2.05, 4.69) is 10.2 Å². The molecule has 30 heavy (non-hydrogen) atoms. The highest BCUT2D eigenvalue weighted by Gasteiger charge is 2.55. The lowest BCUT2D eigenvalue weighted by Crippen LogP contribution is -2.50. The van der Waals surface area contributed by atoms with Crippen LogP contribution in [-0.2, 0) is 9.59 Å². The molecule has 4 atom stereocenters. The summed E-state index contributed by atoms with van der Waals surface area (Å²) in [5, 5.41) is 31.9. The van der Waals surface area contributed by atoms with Gasteiger partial charge in [-0.25, -0.2) is 4.39 Å². The topological polar surface area (TPSA) is 117 Å². The molecule has 1 saturated carbocycles. The number of aliphatic hydroxyl groups excluding tert-OH is 2. The van der Waals surface area contributed by atoms with Crippen molar-refractivity contribution in [1.29, 1.82) is 5.26 Å². The molecule has 2 unspecified atom stereocenters. The number of nitrogens with zero attached hydrogens (tertiary/aromatic N) is 3. The van der Waals surface area contributed by atoms with Gasteiger partial charge >= 0.3 is 0 Å². The molecule has 0 bridgehead atoms. The van der Waals surface area contributed by atoms with Crippen molar-refractivity contribution >= 4 is 17.5 Å². The van der Waals surface area contributed by atoms with Crippen molar-refractivity contribution in [2.45, 2.75) is 25.0 Å². The Balaban J connectivity index is 1.25. The molecule has 8 nitrogen and oxygen atoms in total. The number of fused-ring (bicyclic) bond motifs is 1. The molecule has 1 aliphatic carbocycles. The van der Waals surface area contributed by atoms with Gasteiger partial charge in [-0.2, -0.15) is 5.26 Å². The zero-order chi connectivity index (χ0) is 21.4. The predicted octanol–water partition coefficient (Wildman–Crippen LogP) is -0.160. The van der Waals surface area contributed by atoms with Crippen LogP contribution in [0.15, 0.2) is 18.2 Å². The number of amides is 2. The normalized spacial score (nSPS) is 26.7. The lowest BCUT2D eigenvalue weighted by Gasteiger charge is -2.24. The van der Waals surface area contributed by atoms with Crippen molar-refractivity contribution in [2.75, 3.05) is 37.6 Å². The first kappa shape index (κ1) is 20.6. The number of benzene rings is 1. The molecule has 1 aromatic rings. The molecule has 160 valence electrons. The van der Waals surface area contributed by atoms with E-state index in [1.807, 2.05) is 6.07 Å². The largest absolute Gasteiger partial charge is 0.380 e. The molecule has 3 N–H and O–H groups in total. The van der Waals surface area contributed by atoms with Gasteiger partial charge in [0.25, 0.3) is 11.8 Å². The highest BCUT2D eigenvalue weighted by atomic mass is 19.1. The number of likely N-dealkylation sites (tertiary alicyclic amines) is 1. The Morgan fingerprint density at radius 1 is 1.20 bits per heavy atom. The van der Waals surface area contributed by atoms with E-state index < -0.39 is 29.8 Å². The molecule has 3 aliphatic rings. The summed E-state index contributed by atoms with van der Waals surface area (Å²) in [4.78, 5) is 27.8. The fourth-order valence-corrected chi connectivity index (χ4v) is 4.75. The number of halogens is 1. The smallest absolute Gasteiger partial charge is 0.254 e. The minimum Gasteiger partial charge on any atom is -0.380 e. The Morgan fingerprint density at radius 2 is 1.87 bits per heavy atom. The van der Waals surface area contributed by atoms with Crippen molar-refractivity contribution < 1.29 is 24.2 Å². The van der Waals surface area contributed by atoms with Crippen LogP contribution in [0.5, 0.6) is 0 Å². The molecule has 2 heterocycles. The molecule has 1 aromatic carbocycles. The van der Waals surface area contributed by atoms with Gasteiger partial charge < -0.3 is 25.3 Å². The van der Waals surface area contributed by atoms with Crippen LogP contribution in [0.4, 0.5) is 10.1 Å². The van der Waals surface area contributed by atoms with Crippen LogP contribution < -0.4 is 10.2 Å². The molecular formula is C21H25FN4O4. The number of carbonyl (C=O) groups excluding carboxylic acids is 2. The zero-order valence-corrected chi connectivity index (χ0v) is 16.5. The lowest BCUT2D eigenvalue weighted by atomic mass is 10.1. The number of aliphatic hydroxyl groups is 2. The van der Waals surface area contributed by atoms with E-state index in [0.29, 0.717) is 55.8 Å². The number of carbonyl (C=O) groups is 2. The van der Waals surface area contributed by atoms with Gasteiger partial charge in [0, 0.05) is 32.7 Å². The van der Waals surface area contributed by atoms with Gasteiger partial charge in [-0.15, -0.1) is 0 Å². The number of piperidine rings is 1. The Labute approximate surface area is 173 Å². The first-order valence-electron chi connectivity index (χ1n) is 10.3. The van der Waals surface area contributed by atoms with Gasteiger partial charge in [0.2, 0.25) is 0 Å². The number of nitrogens with one attached hydrogen (secondary N) is 1. The molecule has 0 spiro atoms. The maximum absolute atomic E-state index is 13.3. The molecule has 2 aliphatic heterocycles. The SMILES string of the molecule is N#Cc1cc(F)ccc1N1CC2C(CNC(=O)[C@H](O)[C@@H](O)C(=O)N3CCCC3)C2C1. The monoisotopic (exact) mass is 416 g/mol. The van der Waals surface area contributed by atoms with Gasteiger partial charge in [-0.3, -0.25) is 9.59 Å². The first-order valence-corrected chi connectivity index (χ1v) is 10.3. The van der Waals surface area contributed by atoms with Gasteiger partial charge in [-0.1, -0.05) is 0 Å². The third-order valence-electron chi connectivity index (χ3n) is 6.54. The number of hydrogen-bond donors (Lipinski definition) is 3. The molecule has 2 saturated heterocycles. The Kier molecular flexibility index (Phi) is 5.62. The summed E-state index contributed by atoms with van der Waals surface area (Å²) >= 11 is 0. The molecular weight excluding hydrogens is 391 g/mol. The minimum atomic E-state index is -1.79. The van der Waals surface area contributed by atoms with Crippen LogP contribution in [0, 0.1) is 34.9 Å². The maximum atomic E-state index is 13.3. The van der Waals surface area contributed by atoms with Gasteiger partial charge in [0.15, 0.2) is 12.2 Å². The zero-order valence-electron chi connectivity index (χ0n) is 16.5. The van der Waals surface area contributed by atoms with E-state index in [-0.39, 0.29) is 5.92 Å². The maximum Gasteiger partial charge on any atom is 0.254 e. The highest BCUT2D eigenvalue weighted by molar-refractivity contribution is 5.90. The van der Waals surface area contributed by atoms with Crippen molar-refractivity contribution in [3.05, 3.63) is 29.6 Å². The molecule has 0 radical (unpaired) electrons. The number of nitriles is 1. The third-order valence-corrected chi connectivity index (χ3v) is 6.54. The van der Waals surface area contributed by atoms with Crippen LogP contribution in [-0.4, -0.2) is 71.9 Å². The average molecular weight is 416 g/mol. The third kappa shape index (κ3) is 3.85. The van der Waals surface area contributed by atoms with Crippen LogP contribution in [0.25, 0.3) is 0 Å². The Morgan fingerprint density at radius 3 is 2.50 bits per heavy atom. The fourth-order valence-electron chi connectivity index (χ4n) is 4.75. The minimum absolute atomic E-state index is 0.245. The van der Waals surface area contributed by atoms with Crippen LogP contribution in [0.3, 0.4) is 0 Å². The van der Waals surface area contributed by atoms with E-state index in [1.54, 1.807) is 6.07 Å². The van der Waals surface area contributed by atoms with Gasteiger partial charge in [-0.05, 0) is 48.8 Å². The average Bonchev–Trinajstić information content (AvgIpc) is 3.16. The fraction of sp³-hybridized carbons (Fsp3) is 0.571. The second-order valence-corrected chi connectivity index (χ2v) is 8.34. The lowest BCUT2D eigenvalue weighted by molar-refractivity contribution is -0.152. The van der Waals surface area contributed by atoms with Crippen molar-refractivity contribution in [3.63, 3.8) is 0 Å². The summed E-state index contributed by atoms with van der Waals surface area (Å²) < 4.78 is 13.3. The summed E-state index contributed by atoms with van der Waals surface area (Å²) in [7, 11) is 0. The van der Waals surface area contributed by atoms with Crippen LogP contribution in [0.1, 0.15) is 18.4 Å². The molecule has 3 fully saturated rings. The van der Waals surface area contributed by atoms with Crippen molar-refractivity contribution in [1.82, 2.24) is 10.2 Å². The summed E-state index contributed by atoms with van der Waals surface area (Å²) in [5.41, 5.74) is 1.02. The van der Waals surface area contributed by atoms with Gasteiger partial charge in [0.1, 0.15) is 11.9 Å². The standard InChI is InChI=1S/C21H25FN4O4/c22-13-3-4-17(12(7-13)8-23)26-10-15-14(16(15)11-26)9-24-20(29)18(27)19(28)21(30)25-5-1-2-6-25/h3-4,7,14-16,18-19,27-28H,1-2,5-6,9-11H2,(H,24,29)/t14?,15?,16?,18-,19-/m1/s1. The summed E-state index contributed by atoms with van der Waals surface area (Å²) in [6.07, 6.45) is -1.82. The van der Waals surface area contributed by atoms with E-state index in [1.165, 1.54) is 17.0 Å². The van der Waals surface area contributed by atoms with E-state index in [9.17, 15) is 29.5 Å². The van der Waals surface area contributed by atoms with Gasteiger partial charge in [0.05, 0.1) is 11.3 Å². The van der Waals surface area contributed by atoms with Crippen molar-refractivity contribution in [2.24, 2.45) is 17.8 Å². The molecule has 2 amide bonds. The summed E-state index contributed by atoms with van der Waals surface area (Å²) in [6.45, 7) is 2.86. The number of rotatable bonds is 6. The van der Waals surface area contributed by atoms with Crippen LogP contribution in [0.2, 0.25) is 0 Å². The number of hydrogen-bond acceptors (Lipinski definition) is 6. The molecule has 9 heteroatoms. The molecule has 4 rings (SSSR count). The van der Waals surface area contributed by atoms with Crippen molar-refractivity contribution in [3.8, 4) is 6.07 Å². The first-order chi connectivity index (χ1) is 14.4. The number of anilines is 1. The predicted molar refractivity (Wildman–Crippen MR) is 105 cm³/mol. The summed E-state index contributed by atoms with van der Waals surface area (Å²) in [6, 6.07) is 6.21. The summed E-state index contributed by atoms with van der Waals surface area (Å²) in [5.74, 6) is -0.867. The second kappa shape index (κ2) is 8.20. The quantitative estimate of drug-likeness (QED) is 0.593. The second-order valence-electron chi connectivity index (χ2n) is 8.34. The highest BCUT2D eigenvalue weighted by Crippen LogP contribution is 2.52. The Hall–Kier alpha value is -2.70. The van der Waals surface area contributed by atoms with E-state index in [0.717, 1.165) is 12.8 Å².